The number of hydrogen-bond donors (Lipinski definition) is 0. The summed E-state index contributed by atoms with van der Waals surface area (Å²) in [6.07, 6.45) is 8.96. The molecule has 0 aliphatic heterocycles. The zero-order valence-electron chi connectivity index (χ0n) is 22.9. The van der Waals surface area contributed by atoms with Crippen LogP contribution in [0.5, 0.6) is 0 Å². The summed E-state index contributed by atoms with van der Waals surface area (Å²) in [6.45, 7) is 6.13. The van der Waals surface area contributed by atoms with Crippen molar-refractivity contribution in [3.8, 4) is 6.07 Å². The third kappa shape index (κ3) is 3.36. The van der Waals surface area contributed by atoms with Gasteiger partial charge in [-0.1, -0.05) is 25.5 Å². The molecule has 5 rings (SSSR count). The van der Waals surface area contributed by atoms with Gasteiger partial charge in [0, 0.05) is 38.7 Å². The van der Waals surface area contributed by atoms with Gasteiger partial charge < -0.3 is 14.2 Å². The van der Waals surface area contributed by atoms with E-state index in [1.54, 1.807) is 0 Å². The minimum atomic E-state index is -1.50. The largest absolute Gasteiger partial charge is 0.468 e. The minimum absolute atomic E-state index is 0.0347. The quantitative estimate of drug-likeness (QED) is 0.391. The molecule has 0 unspecified atom stereocenters. The van der Waals surface area contributed by atoms with Crippen molar-refractivity contribution >= 4 is 17.7 Å². The highest BCUT2D eigenvalue weighted by Gasteiger charge is 2.76. The van der Waals surface area contributed by atoms with Gasteiger partial charge in [-0.2, -0.15) is 5.26 Å². The van der Waals surface area contributed by atoms with Crippen LogP contribution in [0.2, 0.25) is 0 Å². The molecule has 7 nitrogen and oxygen atoms in total. The zero-order valence-corrected chi connectivity index (χ0v) is 22.9. The Morgan fingerprint density at radius 1 is 1.05 bits per heavy atom. The molecule has 4 saturated carbocycles. The number of Topliss-reactive ketones (excluding diaryl/α,β-unsaturated/α-hetero) is 1. The van der Waals surface area contributed by atoms with Gasteiger partial charge in [-0.3, -0.25) is 14.4 Å². The second kappa shape index (κ2) is 8.93. The van der Waals surface area contributed by atoms with Gasteiger partial charge in [0.25, 0.3) is 0 Å². The van der Waals surface area contributed by atoms with Gasteiger partial charge in [0.15, 0.2) is 5.41 Å². The Labute approximate surface area is 220 Å². The number of allylic oxidation sites excluding steroid dienone is 1. The van der Waals surface area contributed by atoms with E-state index in [0.29, 0.717) is 24.2 Å². The van der Waals surface area contributed by atoms with Crippen LogP contribution in [0, 0.1) is 50.7 Å². The van der Waals surface area contributed by atoms with E-state index in [2.05, 4.69) is 26.0 Å². The molecule has 0 N–H and O–H groups in total. The van der Waals surface area contributed by atoms with Crippen LogP contribution in [-0.4, -0.2) is 44.1 Å². The summed E-state index contributed by atoms with van der Waals surface area (Å²) >= 11 is 0. The van der Waals surface area contributed by atoms with Crippen molar-refractivity contribution in [1.82, 2.24) is 0 Å². The number of esters is 2. The molecule has 5 aliphatic carbocycles. The fourth-order valence-electron chi connectivity index (χ4n) is 10.2. The fourth-order valence-corrected chi connectivity index (χ4v) is 10.2. The summed E-state index contributed by atoms with van der Waals surface area (Å²) in [5.74, 6) is 0.561. The molecule has 37 heavy (non-hydrogen) atoms. The van der Waals surface area contributed by atoms with Crippen LogP contribution in [0.15, 0.2) is 11.6 Å². The molecule has 5 aliphatic rings. The van der Waals surface area contributed by atoms with Gasteiger partial charge in [-0.25, -0.2) is 0 Å². The van der Waals surface area contributed by atoms with E-state index in [0.717, 1.165) is 44.9 Å². The molecular weight excluding hydrogens is 470 g/mol. The van der Waals surface area contributed by atoms with Gasteiger partial charge in [-0.15, -0.1) is 0 Å². The number of nitriles is 1. The van der Waals surface area contributed by atoms with Crippen LogP contribution in [0.3, 0.4) is 0 Å². The molecule has 4 fully saturated rings. The van der Waals surface area contributed by atoms with Crippen molar-refractivity contribution in [1.29, 1.82) is 5.26 Å². The highest BCUT2D eigenvalue weighted by atomic mass is 16.5. The van der Waals surface area contributed by atoms with Gasteiger partial charge >= 0.3 is 11.9 Å². The van der Waals surface area contributed by atoms with Crippen LogP contribution in [0.1, 0.15) is 85.0 Å². The van der Waals surface area contributed by atoms with E-state index >= 15 is 0 Å². The monoisotopic (exact) mass is 511 g/mol. The summed E-state index contributed by atoms with van der Waals surface area (Å²) in [5, 5.41) is 10.7. The number of nitrogens with zero attached hydrogens (tertiary/aromatic N) is 1. The van der Waals surface area contributed by atoms with Crippen LogP contribution in [0.25, 0.3) is 0 Å². The SMILES string of the molecule is COC(=O)[C@@]1(C#N)[C@@H](OC)CC(=O)C[C@@]12CC[C@H]1[C@@H]3CC=C4C[C@@H](OC(C)=O)CC[C@]4(C)[C@H]3CC[C@@]12C. The maximum absolute atomic E-state index is 13.5. The van der Waals surface area contributed by atoms with Gasteiger partial charge in [-0.05, 0) is 73.5 Å². The molecular formula is C30H41NO6. The predicted molar refractivity (Wildman–Crippen MR) is 135 cm³/mol. The molecule has 0 amide bonds. The van der Waals surface area contributed by atoms with Gasteiger partial charge in [0.05, 0.1) is 19.3 Å². The molecule has 0 bridgehead atoms. The number of hydrogen-bond acceptors (Lipinski definition) is 7. The maximum atomic E-state index is 13.5. The second-order valence-corrected chi connectivity index (χ2v) is 12.9. The van der Waals surface area contributed by atoms with Crippen LogP contribution < -0.4 is 0 Å². The highest BCUT2D eigenvalue weighted by molar-refractivity contribution is 5.90. The number of methoxy groups -OCH3 is 2. The molecule has 9 atom stereocenters. The molecule has 0 aromatic rings. The first-order valence-corrected chi connectivity index (χ1v) is 13.9. The van der Waals surface area contributed by atoms with E-state index in [9.17, 15) is 19.6 Å². The van der Waals surface area contributed by atoms with Crippen molar-refractivity contribution in [2.75, 3.05) is 14.2 Å². The Hall–Kier alpha value is -2.20. The maximum Gasteiger partial charge on any atom is 0.329 e. The van der Waals surface area contributed by atoms with Crippen molar-refractivity contribution < 1.29 is 28.6 Å². The predicted octanol–water partition coefficient (Wildman–Crippen LogP) is 4.93. The van der Waals surface area contributed by atoms with Gasteiger partial charge in [0.2, 0.25) is 0 Å². The Kier molecular flexibility index (Phi) is 6.38. The minimum Gasteiger partial charge on any atom is -0.468 e. The van der Waals surface area contributed by atoms with E-state index in [1.165, 1.54) is 26.7 Å². The number of ether oxygens (including phenoxy) is 3. The molecule has 1 spiro atoms. The van der Waals surface area contributed by atoms with E-state index in [4.69, 9.17) is 14.2 Å². The lowest BCUT2D eigenvalue weighted by Gasteiger charge is -2.63. The Bertz CT molecular complexity index is 1080. The third-order valence-electron chi connectivity index (χ3n) is 11.9. The van der Waals surface area contributed by atoms with Crippen LogP contribution in [-0.2, 0) is 28.6 Å². The molecule has 202 valence electrons. The van der Waals surface area contributed by atoms with Crippen molar-refractivity contribution in [3.63, 3.8) is 0 Å². The first kappa shape index (κ1) is 26.4. The van der Waals surface area contributed by atoms with E-state index in [1.807, 2.05) is 0 Å². The number of ketones is 1. The van der Waals surface area contributed by atoms with Crippen LogP contribution in [0.4, 0.5) is 0 Å². The number of rotatable bonds is 3. The smallest absolute Gasteiger partial charge is 0.329 e. The summed E-state index contributed by atoms with van der Waals surface area (Å²) < 4.78 is 16.6. The first-order valence-electron chi connectivity index (χ1n) is 13.9. The Balaban J connectivity index is 1.54. The van der Waals surface area contributed by atoms with Crippen LogP contribution >= 0.6 is 0 Å². The Morgan fingerprint density at radius 3 is 2.43 bits per heavy atom. The molecule has 0 aromatic heterocycles. The van der Waals surface area contributed by atoms with E-state index in [-0.39, 0.29) is 41.5 Å². The Morgan fingerprint density at radius 2 is 1.78 bits per heavy atom. The summed E-state index contributed by atoms with van der Waals surface area (Å²) in [5.41, 5.74) is -1.14. The molecule has 7 heteroatoms. The highest BCUT2D eigenvalue weighted by Crippen LogP contribution is 2.76. The van der Waals surface area contributed by atoms with Crippen molar-refractivity contribution in [2.24, 2.45) is 39.4 Å². The standard InChI is InChI=1S/C30H41NO6/c1-18(32)37-21-8-11-27(2)19(14-21)6-7-22-23(27)9-12-28(3)24(22)10-13-29(28)16-20(33)15-25(35-4)30(29,17-31)26(34)36-5/h6,21-25H,7-16H2,1-5H3/t21-,22+,23-,24-,25-,27-,28-,29+,30+/m0/s1. The third-order valence-corrected chi connectivity index (χ3v) is 11.9. The number of carbonyl (C=O) groups excluding carboxylic acids is 3. The molecule has 0 aromatic carbocycles. The zero-order chi connectivity index (χ0) is 26.8. The second-order valence-electron chi connectivity index (χ2n) is 12.9. The van der Waals surface area contributed by atoms with Crippen molar-refractivity contribution in [3.05, 3.63) is 11.6 Å². The average molecular weight is 512 g/mol. The number of carbonyl (C=O) groups is 3. The molecule has 0 radical (unpaired) electrons. The van der Waals surface area contributed by atoms with Crippen molar-refractivity contribution in [2.45, 2.75) is 97.2 Å². The van der Waals surface area contributed by atoms with E-state index < -0.39 is 22.9 Å². The fraction of sp³-hybridized carbons (Fsp3) is 0.800. The molecule has 0 heterocycles. The molecule has 0 saturated heterocycles. The normalized spacial score (nSPS) is 46.6. The lowest BCUT2D eigenvalue weighted by molar-refractivity contribution is -0.200. The first-order chi connectivity index (χ1) is 17.5. The number of fused-ring (bicyclic) bond motifs is 6. The lowest BCUT2D eigenvalue weighted by atomic mass is 9.40. The topological polar surface area (TPSA) is 103 Å². The summed E-state index contributed by atoms with van der Waals surface area (Å²) in [6, 6.07) is 2.42. The average Bonchev–Trinajstić information content (AvgIpc) is 3.15. The summed E-state index contributed by atoms with van der Waals surface area (Å²) in [4.78, 5) is 38.3. The van der Waals surface area contributed by atoms with Gasteiger partial charge in [0.1, 0.15) is 11.9 Å². The lowest BCUT2D eigenvalue weighted by Crippen LogP contribution is -2.65. The summed E-state index contributed by atoms with van der Waals surface area (Å²) in [7, 11) is 2.84.